The zero-order valence-corrected chi connectivity index (χ0v) is 16.1. The molecule has 0 radical (unpaired) electrons. The van der Waals surface area contributed by atoms with Crippen LogP contribution in [0.1, 0.15) is 16.1 Å². The molecule has 10 heteroatoms. The van der Waals surface area contributed by atoms with E-state index >= 15 is 0 Å². The van der Waals surface area contributed by atoms with Crippen molar-refractivity contribution in [2.45, 2.75) is 11.5 Å². The zero-order valence-electron chi connectivity index (χ0n) is 13.7. The predicted octanol–water partition coefficient (Wildman–Crippen LogP) is 2.76. The van der Waals surface area contributed by atoms with Crippen molar-refractivity contribution < 1.29 is 22.7 Å². The van der Waals surface area contributed by atoms with E-state index in [1.807, 2.05) is 16.8 Å². The molecule has 1 aliphatic heterocycles. The van der Waals surface area contributed by atoms with E-state index < -0.39 is 28.4 Å². The Morgan fingerprint density at radius 1 is 1.19 bits per heavy atom. The zero-order chi connectivity index (χ0) is 19.0. The van der Waals surface area contributed by atoms with E-state index in [0.29, 0.717) is 10.00 Å². The number of nitrogens with zero attached hydrogens (tertiary/aromatic N) is 2. The molecular formula is C17H12N2O5S3. The average Bonchev–Trinajstić information content (AvgIpc) is 3.37. The molecule has 1 aliphatic rings. The molecule has 1 amide bonds. The molecule has 0 atom stereocenters. The first kappa shape index (κ1) is 17.8. The van der Waals surface area contributed by atoms with Gasteiger partial charge in [-0.3, -0.25) is 9.59 Å². The smallest absolute Gasteiger partial charge is 0.327 e. The number of thiazole rings is 1. The molecule has 138 valence electrons. The third-order valence-corrected chi connectivity index (χ3v) is 7.30. The number of carbonyl (C=O) groups excluding carboxylic acids is 2. The van der Waals surface area contributed by atoms with Crippen molar-refractivity contribution in [1.82, 2.24) is 9.29 Å². The Labute approximate surface area is 162 Å². The molecule has 7 nitrogen and oxygen atoms in total. The van der Waals surface area contributed by atoms with Gasteiger partial charge in [-0.05, 0) is 23.6 Å². The Bertz CT molecular complexity index is 1120. The van der Waals surface area contributed by atoms with E-state index in [1.54, 1.807) is 22.8 Å². The van der Waals surface area contributed by atoms with Crippen molar-refractivity contribution in [2.75, 3.05) is 6.54 Å². The molecule has 0 bridgehead atoms. The van der Waals surface area contributed by atoms with E-state index in [-0.39, 0.29) is 17.1 Å². The first-order valence-electron chi connectivity index (χ1n) is 7.75. The van der Waals surface area contributed by atoms with Crippen molar-refractivity contribution in [3.05, 3.63) is 57.7 Å². The van der Waals surface area contributed by atoms with Crippen LogP contribution < -0.4 is 0 Å². The second-order valence-electron chi connectivity index (χ2n) is 5.63. The Morgan fingerprint density at radius 3 is 2.74 bits per heavy atom. The maximum Gasteiger partial charge on any atom is 0.327 e. The van der Waals surface area contributed by atoms with Gasteiger partial charge in [0.05, 0.1) is 11.3 Å². The van der Waals surface area contributed by atoms with Crippen LogP contribution in [0.5, 0.6) is 0 Å². The van der Waals surface area contributed by atoms with Gasteiger partial charge in [-0.2, -0.15) is 11.3 Å². The lowest BCUT2D eigenvalue weighted by atomic mass is 10.2. The summed E-state index contributed by atoms with van der Waals surface area (Å²) in [4.78, 5) is 28.7. The minimum atomic E-state index is -4.03. The number of aromatic nitrogens is 1. The number of esters is 1. The molecule has 2 aromatic heterocycles. The SMILES string of the molecule is O=C(CN1C(=O)c2ccccc2S1(=O)=O)OCc1csc(-c2ccsc2)n1. The molecule has 0 spiro atoms. The summed E-state index contributed by atoms with van der Waals surface area (Å²) in [5, 5.41) is 6.50. The molecule has 27 heavy (non-hydrogen) atoms. The van der Waals surface area contributed by atoms with Gasteiger partial charge in [0, 0.05) is 16.3 Å². The quantitative estimate of drug-likeness (QED) is 0.589. The summed E-state index contributed by atoms with van der Waals surface area (Å²) >= 11 is 2.99. The van der Waals surface area contributed by atoms with Crippen LogP contribution in [-0.4, -0.2) is 36.1 Å². The highest BCUT2D eigenvalue weighted by Gasteiger charge is 2.42. The summed E-state index contributed by atoms with van der Waals surface area (Å²) in [6, 6.07) is 7.80. The Morgan fingerprint density at radius 2 is 2.00 bits per heavy atom. The number of rotatable bonds is 5. The van der Waals surface area contributed by atoms with Gasteiger partial charge in [0.2, 0.25) is 0 Å². The van der Waals surface area contributed by atoms with Crippen LogP contribution in [0.3, 0.4) is 0 Å². The van der Waals surface area contributed by atoms with Crippen LogP contribution in [0.25, 0.3) is 10.6 Å². The largest absolute Gasteiger partial charge is 0.458 e. The predicted molar refractivity (Wildman–Crippen MR) is 99.9 cm³/mol. The number of amides is 1. The highest BCUT2D eigenvalue weighted by Crippen LogP contribution is 2.30. The average molecular weight is 420 g/mol. The van der Waals surface area contributed by atoms with Gasteiger partial charge >= 0.3 is 5.97 Å². The van der Waals surface area contributed by atoms with Gasteiger partial charge in [-0.15, -0.1) is 11.3 Å². The number of hydrogen-bond acceptors (Lipinski definition) is 8. The maximum atomic E-state index is 12.4. The van der Waals surface area contributed by atoms with Gasteiger partial charge in [0.15, 0.2) is 0 Å². The maximum absolute atomic E-state index is 12.4. The fourth-order valence-electron chi connectivity index (χ4n) is 2.60. The summed E-state index contributed by atoms with van der Waals surface area (Å²) in [6.45, 7) is -0.758. The molecule has 0 saturated carbocycles. The van der Waals surface area contributed by atoms with Gasteiger partial charge < -0.3 is 4.74 Å². The van der Waals surface area contributed by atoms with Crippen molar-refractivity contribution >= 4 is 44.6 Å². The van der Waals surface area contributed by atoms with E-state index in [1.165, 1.54) is 29.5 Å². The highest BCUT2D eigenvalue weighted by molar-refractivity contribution is 7.90. The molecular weight excluding hydrogens is 408 g/mol. The fraction of sp³-hybridized carbons (Fsp3) is 0.118. The molecule has 3 heterocycles. The van der Waals surface area contributed by atoms with Gasteiger partial charge in [-0.25, -0.2) is 17.7 Å². The normalized spacial score (nSPS) is 15.0. The molecule has 0 saturated heterocycles. The number of thiophene rings is 1. The minimum absolute atomic E-state index is 0.0604. The number of hydrogen-bond donors (Lipinski definition) is 0. The first-order valence-corrected chi connectivity index (χ1v) is 11.0. The van der Waals surface area contributed by atoms with Gasteiger partial charge in [0.25, 0.3) is 15.9 Å². The van der Waals surface area contributed by atoms with Crippen molar-refractivity contribution in [2.24, 2.45) is 0 Å². The van der Waals surface area contributed by atoms with E-state index in [4.69, 9.17) is 4.74 Å². The van der Waals surface area contributed by atoms with Crippen molar-refractivity contribution in [1.29, 1.82) is 0 Å². The molecule has 4 rings (SSSR count). The molecule has 0 N–H and O–H groups in total. The van der Waals surface area contributed by atoms with E-state index in [9.17, 15) is 18.0 Å². The van der Waals surface area contributed by atoms with Crippen molar-refractivity contribution in [3.8, 4) is 10.6 Å². The second-order valence-corrected chi connectivity index (χ2v) is 9.10. The number of carbonyl (C=O) groups is 2. The van der Waals surface area contributed by atoms with Crippen LogP contribution in [0.15, 0.2) is 51.4 Å². The number of benzene rings is 1. The highest BCUT2D eigenvalue weighted by atomic mass is 32.2. The second kappa shape index (κ2) is 6.87. The van der Waals surface area contributed by atoms with Crippen molar-refractivity contribution in [3.63, 3.8) is 0 Å². The monoisotopic (exact) mass is 420 g/mol. The van der Waals surface area contributed by atoms with Crippen LogP contribution in [0.4, 0.5) is 0 Å². The summed E-state index contributed by atoms with van der Waals surface area (Å²) in [5.74, 6) is -1.54. The third-order valence-electron chi connectivity index (χ3n) is 3.89. The minimum Gasteiger partial charge on any atom is -0.458 e. The molecule has 1 aromatic carbocycles. The molecule has 0 fully saturated rings. The van der Waals surface area contributed by atoms with E-state index in [2.05, 4.69) is 4.98 Å². The van der Waals surface area contributed by atoms with Crippen LogP contribution in [-0.2, 0) is 26.2 Å². The Hall–Kier alpha value is -2.56. The lowest BCUT2D eigenvalue weighted by molar-refractivity contribution is -0.144. The standard InChI is InChI=1S/C17H12N2O5S3/c20-15(24-8-12-10-26-16(18-12)11-5-6-25-9-11)7-19-17(21)13-3-1-2-4-14(13)27(19,22)23/h1-6,9-10H,7-8H2. The van der Waals surface area contributed by atoms with Crippen LogP contribution in [0, 0.1) is 0 Å². The summed E-state index contributed by atoms with van der Waals surface area (Å²) in [7, 11) is -4.03. The summed E-state index contributed by atoms with van der Waals surface area (Å²) < 4.78 is 30.5. The van der Waals surface area contributed by atoms with E-state index in [0.717, 1.165) is 10.6 Å². The van der Waals surface area contributed by atoms with Crippen LogP contribution in [0.2, 0.25) is 0 Å². The summed E-state index contributed by atoms with van der Waals surface area (Å²) in [6.07, 6.45) is 0. The number of sulfonamides is 1. The number of ether oxygens (including phenoxy) is 1. The van der Waals surface area contributed by atoms with Gasteiger partial charge in [0.1, 0.15) is 23.1 Å². The molecule has 3 aromatic rings. The third kappa shape index (κ3) is 3.27. The van der Waals surface area contributed by atoms with Gasteiger partial charge in [-0.1, -0.05) is 12.1 Å². The fourth-order valence-corrected chi connectivity index (χ4v) is 5.63. The number of fused-ring (bicyclic) bond motifs is 1. The Kier molecular flexibility index (Phi) is 4.54. The first-order chi connectivity index (χ1) is 13.0. The lowest BCUT2D eigenvalue weighted by Crippen LogP contribution is -2.35. The molecule has 0 unspecified atom stereocenters. The van der Waals surface area contributed by atoms with Crippen LogP contribution >= 0.6 is 22.7 Å². The summed E-state index contributed by atoms with van der Waals surface area (Å²) in [5.41, 5.74) is 1.62. The topological polar surface area (TPSA) is 93.6 Å². The lowest BCUT2D eigenvalue weighted by Gasteiger charge is -2.13. The molecule has 0 aliphatic carbocycles. The Balaban J connectivity index is 1.41.